The van der Waals surface area contributed by atoms with E-state index in [0.717, 1.165) is 29.4 Å². The van der Waals surface area contributed by atoms with Crippen LogP contribution in [0, 0.1) is 0 Å². The van der Waals surface area contributed by atoms with Crippen LogP contribution in [0.5, 0.6) is 0 Å². The van der Waals surface area contributed by atoms with Crippen molar-refractivity contribution in [2.24, 2.45) is 0 Å². The summed E-state index contributed by atoms with van der Waals surface area (Å²) in [6.07, 6.45) is 1.91. The number of hydrogen-bond acceptors (Lipinski definition) is 1. The molecule has 1 unspecified atom stereocenters. The van der Waals surface area contributed by atoms with Crippen LogP contribution in [-0.4, -0.2) is 6.54 Å². The first-order valence-corrected chi connectivity index (χ1v) is 8.58. The second kappa shape index (κ2) is 8.19. The Hall–Kier alpha value is -0.540. The Kier molecular flexibility index (Phi) is 6.56. The predicted molar refractivity (Wildman–Crippen MR) is 95.3 cm³/mol. The molecule has 2 rings (SSSR count). The Labute approximate surface area is 144 Å². The number of halogens is 3. The van der Waals surface area contributed by atoms with E-state index in [0.29, 0.717) is 10.0 Å². The van der Waals surface area contributed by atoms with E-state index in [1.54, 1.807) is 0 Å². The van der Waals surface area contributed by atoms with Gasteiger partial charge in [0.2, 0.25) is 0 Å². The lowest BCUT2D eigenvalue weighted by Gasteiger charge is -2.20. The van der Waals surface area contributed by atoms with Crippen molar-refractivity contribution >= 4 is 39.1 Å². The quantitative estimate of drug-likeness (QED) is 0.638. The molecule has 0 bridgehead atoms. The van der Waals surface area contributed by atoms with Crippen LogP contribution in [0.1, 0.15) is 30.5 Å². The molecule has 0 aliphatic heterocycles. The third-order valence-electron chi connectivity index (χ3n) is 3.35. The van der Waals surface area contributed by atoms with E-state index in [2.05, 4.69) is 46.4 Å². The summed E-state index contributed by atoms with van der Waals surface area (Å²) in [5.74, 6) is 0. The molecule has 0 aromatic heterocycles. The Bertz CT molecular complexity index is 601. The highest BCUT2D eigenvalue weighted by molar-refractivity contribution is 9.10. The maximum absolute atomic E-state index is 6.32. The first-order valence-electron chi connectivity index (χ1n) is 7.03. The number of nitrogens with one attached hydrogen (secondary N) is 1. The van der Waals surface area contributed by atoms with Gasteiger partial charge in [-0.15, -0.1) is 0 Å². The molecular weight excluding hydrogens is 369 g/mol. The summed E-state index contributed by atoms with van der Waals surface area (Å²) in [6, 6.07) is 14.4. The van der Waals surface area contributed by atoms with Crippen LogP contribution >= 0.6 is 39.1 Å². The molecule has 112 valence electrons. The molecule has 0 radical (unpaired) electrons. The minimum Gasteiger partial charge on any atom is -0.310 e. The zero-order chi connectivity index (χ0) is 15.2. The van der Waals surface area contributed by atoms with E-state index in [1.807, 2.05) is 24.3 Å². The Morgan fingerprint density at radius 2 is 1.90 bits per heavy atom. The fraction of sp³-hybridized carbons (Fsp3) is 0.294. The van der Waals surface area contributed by atoms with Gasteiger partial charge in [0.1, 0.15) is 0 Å². The molecule has 1 atom stereocenters. The third-order valence-corrected chi connectivity index (χ3v) is 4.70. The van der Waals surface area contributed by atoms with Crippen LogP contribution in [0.3, 0.4) is 0 Å². The van der Waals surface area contributed by atoms with Crippen molar-refractivity contribution in [3.63, 3.8) is 0 Å². The largest absolute Gasteiger partial charge is 0.310 e. The molecular formula is C17H18BrCl2N. The molecule has 2 aromatic rings. The van der Waals surface area contributed by atoms with Gasteiger partial charge in [-0.25, -0.2) is 0 Å². The molecule has 0 spiro atoms. The van der Waals surface area contributed by atoms with Gasteiger partial charge in [0.25, 0.3) is 0 Å². The summed E-state index contributed by atoms with van der Waals surface area (Å²) in [4.78, 5) is 0. The fourth-order valence-electron chi connectivity index (χ4n) is 2.28. The first-order chi connectivity index (χ1) is 10.1. The molecule has 4 heteroatoms. The van der Waals surface area contributed by atoms with Gasteiger partial charge in [0.15, 0.2) is 0 Å². The Balaban J connectivity index is 2.26. The monoisotopic (exact) mass is 385 g/mol. The molecule has 0 aliphatic carbocycles. The van der Waals surface area contributed by atoms with E-state index in [9.17, 15) is 0 Å². The average Bonchev–Trinajstić information content (AvgIpc) is 2.47. The van der Waals surface area contributed by atoms with Crippen molar-refractivity contribution < 1.29 is 0 Å². The van der Waals surface area contributed by atoms with E-state index in [4.69, 9.17) is 23.2 Å². The van der Waals surface area contributed by atoms with Crippen LogP contribution in [0.15, 0.2) is 46.9 Å². The molecule has 21 heavy (non-hydrogen) atoms. The smallest absolute Gasteiger partial charge is 0.0624 e. The normalized spacial score (nSPS) is 12.4. The standard InChI is InChI=1S/C17H18BrCl2N/c1-2-9-21-16(12-5-3-7-14(18)10-12)11-13-6-4-8-15(19)17(13)20/h3-8,10,16,21H,2,9,11H2,1H3. The number of rotatable bonds is 6. The molecule has 0 aliphatic rings. The lowest BCUT2D eigenvalue weighted by atomic mass is 9.98. The topological polar surface area (TPSA) is 12.0 Å². The zero-order valence-corrected chi connectivity index (χ0v) is 15.0. The third kappa shape index (κ3) is 4.72. The second-order valence-corrected chi connectivity index (χ2v) is 6.68. The predicted octanol–water partition coefficient (Wildman–Crippen LogP) is 6.04. The molecule has 0 saturated heterocycles. The summed E-state index contributed by atoms with van der Waals surface area (Å²) in [5, 5.41) is 4.84. The van der Waals surface area contributed by atoms with Crippen LogP contribution in [0.4, 0.5) is 0 Å². The summed E-state index contributed by atoms with van der Waals surface area (Å²) in [5.41, 5.74) is 2.31. The lowest BCUT2D eigenvalue weighted by Crippen LogP contribution is -2.24. The van der Waals surface area contributed by atoms with Gasteiger partial charge < -0.3 is 5.32 Å². The maximum atomic E-state index is 6.32. The van der Waals surface area contributed by atoms with Crippen molar-refractivity contribution in [3.05, 3.63) is 68.1 Å². The number of benzene rings is 2. The molecule has 0 heterocycles. The van der Waals surface area contributed by atoms with Gasteiger partial charge in [0.05, 0.1) is 10.0 Å². The van der Waals surface area contributed by atoms with Crippen LogP contribution in [0.2, 0.25) is 10.0 Å². The van der Waals surface area contributed by atoms with Crippen molar-refractivity contribution in [2.45, 2.75) is 25.8 Å². The number of hydrogen-bond donors (Lipinski definition) is 1. The SMILES string of the molecule is CCCNC(Cc1cccc(Cl)c1Cl)c1cccc(Br)c1. The van der Waals surface area contributed by atoms with Gasteiger partial charge in [0, 0.05) is 10.5 Å². The van der Waals surface area contributed by atoms with Crippen molar-refractivity contribution in [3.8, 4) is 0 Å². The Morgan fingerprint density at radius 1 is 1.14 bits per heavy atom. The minimum absolute atomic E-state index is 0.221. The minimum atomic E-state index is 0.221. The van der Waals surface area contributed by atoms with Crippen LogP contribution < -0.4 is 5.32 Å². The van der Waals surface area contributed by atoms with Crippen LogP contribution in [-0.2, 0) is 6.42 Å². The lowest BCUT2D eigenvalue weighted by molar-refractivity contribution is 0.529. The van der Waals surface area contributed by atoms with Crippen LogP contribution in [0.25, 0.3) is 0 Å². The van der Waals surface area contributed by atoms with Gasteiger partial charge in [-0.1, -0.05) is 70.3 Å². The summed E-state index contributed by atoms with van der Waals surface area (Å²) in [6.45, 7) is 3.13. The zero-order valence-electron chi connectivity index (χ0n) is 11.9. The van der Waals surface area contributed by atoms with Gasteiger partial charge in [-0.3, -0.25) is 0 Å². The molecule has 0 amide bonds. The van der Waals surface area contributed by atoms with E-state index in [1.165, 1.54) is 5.56 Å². The van der Waals surface area contributed by atoms with Crippen molar-refractivity contribution in [1.29, 1.82) is 0 Å². The van der Waals surface area contributed by atoms with Gasteiger partial charge >= 0.3 is 0 Å². The average molecular weight is 387 g/mol. The molecule has 1 N–H and O–H groups in total. The van der Waals surface area contributed by atoms with Crippen molar-refractivity contribution in [2.75, 3.05) is 6.54 Å². The molecule has 0 fully saturated rings. The van der Waals surface area contributed by atoms with Gasteiger partial charge in [-0.05, 0) is 48.7 Å². The molecule has 1 nitrogen and oxygen atoms in total. The van der Waals surface area contributed by atoms with E-state index >= 15 is 0 Å². The fourth-order valence-corrected chi connectivity index (χ4v) is 3.09. The highest BCUT2D eigenvalue weighted by Gasteiger charge is 2.14. The summed E-state index contributed by atoms with van der Waals surface area (Å²) in [7, 11) is 0. The first kappa shape index (κ1) is 16.8. The van der Waals surface area contributed by atoms with E-state index in [-0.39, 0.29) is 6.04 Å². The highest BCUT2D eigenvalue weighted by Crippen LogP contribution is 2.30. The Morgan fingerprint density at radius 3 is 2.62 bits per heavy atom. The van der Waals surface area contributed by atoms with E-state index < -0.39 is 0 Å². The van der Waals surface area contributed by atoms with Crippen molar-refractivity contribution in [1.82, 2.24) is 5.32 Å². The maximum Gasteiger partial charge on any atom is 0.0624 e. The summed E-state index contributed by atoms with van der Waals surface area (Å²) < 4.78 is 1.08. The highest BCUT2D eigenvalue weighted by atomic mass is 79.9. The van der Waals surface area contributed by atoms with Gasteiger partial charge in [-0.2, -0.15) is 0 Å². The summed E-state index contributed by atoms with van der Waals surface area (Å²) >= 11 is 16.0. The second-order valence-electron chi connectivity index (χ2n) is 4.98. The molecule has 2 aromatic carbocycles. The molecule has 0 saturated carbocycles.